The normalized spacial score (nSPS) is 21.0. The van der Waals surface area contributed by atoms with Gasteiger partial charge < -0.3 is 5.32 Å². The molecule has 0 aliphatic carbocycles. The third-order valence-corrected chi connectivity index (χ3v) is 3.16. The first-order valence-electron chi connectivity index (χ1n) is 5.54. The zero-order chi connectivity index (χ0) is 9.45. The molecule has 1 heterocycles. The summed E-state index contributed by atoms with van der Waals surface area (Å²) < 4.78 is 0. The van der Waals surface area contributed by atoms with Crippen molar-refractivity contribution < 1.29 is 0 Å². The van der Waals surface area contributed by atoms with Crippen LogP contribution in [0.25, 0.3) is 0 Å². The van der Waals surface area contributed by atoms with Crippen LogP contribution in [-0.4, -0.2) is 13.1 Å². The quantitative estimate of drug-likeness (QED) is 0.673. The fraction of sp³-hybridized carbons (Fsp3) is 1.00. The summed E-state index contributed by atoms with van der Waals surface area (Å²) >= 11 is 0. The lowest BCUT2D eigenvalue weighted by Crippen LogP contribution is -2.35. The first-order chi connectivity index (χ1) is 5.83. The summed E-state index contributed by atoms with van der Waals surface area (Å²) in [6.07, 6.45) is 5.51. The molecule has 0 saturated carbocycles. The van der Waals surface area contributed by atoms with E-state index in [1.807, 2.05) is 13.8 Å². The maximum absolute atomic E-state index is 3.41. The average molecular weight is 171 g/mol. The Morgan fingerprint density at radius 2 is 1.42 bits per heavy atom. The minimum Gasteiger partial charge on any atom is -0.317 e. The summed E-state index contributed by atoms with van der Waals surface area (Å²) in [7, 11) is 0. The Balaban J connectivity index is 0.000000561. The minimum absolute atomic E-state index is 0.700. The molecule has 1 aliphatic rings. The van der Waals surface area contributed by atoms with Gasteiger partial charge in [-0.05, 0) is 31.3 Å². The third-order valence-electron chi connectivity index (χ3n) is 3.16. The van der Waals surface area contributed by atoms with E-state index in [1.54, 1.807) is 0 Å². The van der Waals surface area contributed by atoms with Gasteiger partial charge in [-0.1, -0.05) is 40.5 Å². The molecule has 1 aliphatic heterocycles. The van der Waals surface area contributed by atoms with Crippen LogP contribution in [0.1, 0.15) is 53.4 Å². The molecular formula is C11H25N. The van der Waals surface area contributed by atoms with E-state index in [1.165, 1.54) is 38.8 Å². The van der Waals surface area contributed by atoms with Gasteiger partial charge in [-0.2, -0.15) is 0 Å². The molecule has 1 N–H and O–H groups in total. The summed E-state index contributed by atoms with van der Waals surface area (Å²) in [6, 6.07) is 0. The van der Waals surface area contributed by atoms with E-state index in [0.717, 1.165) is 0 Å². The lowest BCUT2D eigenvalue weighted by atomic mass is 9.75. The summed E-state index contributed by atoms with van der Waals surface area (Å²) in [5.74, 6) is 0. The molecule has 0 aromatic carbocycles. The van der Waals surface area contributed by atoms with Gasteiger partial charge in [0.1, 0.15) is 0 Å². The van der Waals surface area contributed by atoms with E-state index in [4.69, 9.17) is 0 Å². The van der Waals surface area contributed by atoms with Crippen LogP contribution < -0.4 is 5.32 Å². The zero-order valence-corrected chi connectivity index (χ0v) is 9.24. The summed E-state index contributed by atoms with van der Waals surface area (Å²) in [5.41, 5.74) is 0.700. The molecule has 1 nitrogen and oxygen atoms in total. The van der Waals surface area contributed by atoms with E-state index >= 15 is 0 Å². The number of rotatable bonds is 2. The van der Waals surface area contributed by atoms with Gasteiger partial charge in [-0.25, -0.2) is 0 Å². The Bertz CT molecular complexity index is 87.2. The highest BCUT2D eigenvalue weighted by atomic mass is 14.9. The Kier molecular flexibility index (Phi) is 6.45. The molecule has 0 unspecified atom stereocenters. The largest absolute Gasteiger partial charge is 0.317 e. The fourth-order valence-electron chi connectivity index (χ4n) is 1.91. The van der Waals surface area contributed by atoms with E-state index in [0.29, 0.717) is 5.41 Å². The molecule has 74 valence electrons. The predicted octanol–water partition coefficient (Wildman–Crippen LogP) is 3.20. The fourth-order valence-corrected chi connectivity index (χ4v) is 1.91. The van der Waals surface area contributed by atoms with Crippen molar-refractivity contribution in [3.63, 3.8) is 0 Å². The molecule has 1 saturated heterocycles. The van der Waals surface area contributed by atoms with Crippen LogP contribution in [0.4, 0.5) is 0 Å². The first kappa shape index (κ1) is 12.0. The highest BCUT2D eigenvalue weighted by Gasteiger charge is 2.27. The van der Waals surface area contributed by atoms with Crippen molar-refractivity contribution in [1.82, 2.24) is 5.32 Å². The van der Waals surface area contributed by atoms with Gasteiger partial charge in [0.2, 0.25) is 0 Å². The molecule has 0 spiro atoms. The lowest BCUT2D eigenvalue weighted by Gasteiger charge is -2.35. The van der Waals surface area contributed by atoms with E-state index in [-0.39, 0.29) is 0 Å². The topological polar surface area (TPSA) is 12.0 Å². The smallest absolute Gasteiger partial charge is 0.00436 e. The maximum Gasteiger partial charge on any atom is -0.00436 e. The first-order valence-corrected chi connectivity index (χ1v) is 5.54. The van der Waals surface area contributed by atoms with Gasteiger partial charge in [0.05, 0.1) is 0 Å². The zero-order valence-electron chi connectivity index (χ0n) is 9.24. The van der Waals surface area contributed by atoms with Crippen molar-refractivity contribution in [2.75, 3.05) is 13.1 Å². The predicted molar refractivity (Wildman–Crippen MR) is 56.5 cm³/mol. The molecule has 0 atom stereocenters. The standard InChI is InChI=1S/C9H19N.C2H6/c1-3-9(4-2)5-7-10-8-6-9;1-2/h10H,3-8H2,1-2H3;1-2H3. The SMILES string of the molecule is CC.CCC1(CC)CCNCC1. The Hall–Kier alpha value is -0.0400. The molecule has 0 bridgehead atoms. The van der Waals surface area contributed by atoms with Crippen molar-refractivity contribution in [2.45, 2.75) is 53.4 Å². The number of piperidine rings is 1. The van der Waals surface area contributed by atoms with Gasteiger partial charge >= 0.3 is 0 Å². The summed E-state index contributed by atoms with van der Waals surface area (Å²) in [5, 5.41) is 3.41. The van der Waals surface area contributed by atoms with Crippen LogP contribution >= 0.6 is 0 Å². The maximum atomic E-state index is 3.41. The molecule has 0 amide bonds. The molecule has 1 rings (SSSR count). The highest BCUT2D eigenvalue weighted by molar-refractivity contribution is 4.81. The highest BCUT2D eigenvalue weighted by Crippen LogP contribution is 2.35. The Morgan fingerprint density at radius 1 is 1.00 bits per heavy atom. The Labute approximate surface area is 77.9 Å². The van der Waals surface area contributed by atoms with Crippen molar-refractivity contribution >= 4 is 0 Å². The monoisotopic (exact) mass is 171 g/mol. The van der Waals surface area contributed by atoms with Gasteiger partial charge in [0.15, 0.2) is 0 Å². The number of nitrogens with one attached hydrogen (secondary N) is 1. The van der Waals surface area contributed by atoms with Crippen LogP contribution in [0.5, 0.6) is 0 Å². The average Bonchev–Trinajstić information content (AvgIpc) is 2.22. The second-order valence-corrected chi connectivity index (χ2v) is 3.46. The lowest BCUT2D eigenvalue weighted by molar-refractivity contribution is 0.185. The van der Waals surface area contributed by atoms with Gasteiger partial charge in [0, 0.05) is 0 Å². The molecule has 12 heavy (non-hydrogen) atoms. The Morgan fingerprint density at radius 3 is 1.67 bits per heavy atom. The van der Waals surface area contributed by atoms with Gasteiger partial charge in [0.25, 0.3) is 0 Å². The van der Waals surface area contributed by atoms with Crippen molar-refractivity contribution in [2.24, 2.45) is 5.41 Å². The summed E-state index contributed by atoms with van der Waals surface area (Å²) in [6.45, 7) is 11.1. The van der Waals surface area contributed by atoms with Crippen LogP contribution in [0.3, 0.4) is 0 Å². The van der Waals surface area contributed by atoms with Crippen molar-refractivity contribution in [3.8, 4) is 0 Å². The third kappa shape index (κ3) is 3.14. The van der Waals surface area contributed by atoms with Crippen LogP contribution in [0.15, 0.2) is 0 Å². The number of hydrogen-bond acceptors (Lipinski definition) is 1. The molecular weight excluding hydrogens is 146 g/mol. The second kappa shape index (κ2) is 6.47. The van der Waals surface area contributed by atoms with Gasteiger partial charge in [-0.3, -0.25) is 0 Å². The van der Waals surface area contributed by atoms with Crippen LogP contribution in [0.2, 0.25) is 0 Å². The second-order valence-electron chi connectivity index (χ2n) is 3.46. The van der Waals surface area contributed by atoms with Crippen molar-refractivity contribution in [3.05, 3.63) is 0 Å². The number of hydrogen-bond donors (Lipinski definition) is 1. The molecule has 0 aromatic rings. The molecule has 0 radical (unpaired) electrons. The van der Waals surface area contributed by atoms with Crippen LogP contribution in [-0.2, 0) is 0 Å². The molecule has 1 heteroatoms. The van der Waals surface area contributed by atoms with Crippen LogP contribution in [0, 0.1) is 5.41 Å². The van der Waals surface area contributed by atoms with Crippen molar-refractivity contribution in [1.29, 1.82) is 0 Å². The van der Waals surface area contributed by atoms with E-state index in [9.17, 15) is 0 Å². The molecule has 1 fully saturated rings. The minimum atomic E-state index is 0.700. The van der Waals surface area contributed by atoms with Gasteiger partial charge in [-0.15, -0.1) is 0 Å². The molecule has 0 aromatic heterocycles. The summed E-state index contributed by atoms with van der Waals surface area (Å²) in [4.78, 5) is 0. The van der Waals surface area contributed by atoms with E-state index < -0.39 is 0 Å². The van der Waals surface area contributed by atoms with E-state index in [2.05, 4.69) is 19.2 Å².